The van der Waals surface area contributed by atoms with Gasteiger partial charge in [0, 0.05) is 18.5 Å². The topological polar surface area (TPSA) is 76.1 Å². The van der Waals surface area contributed by atoms with E-state index in [1.54, 1.807) is 30.6 Å². The van der Waals surface area contributed by atoms with Gasteiger partial charge in [0.25, 0.3) is 6.43 Å². The zero-order valence-corrected chi connectivity index (χ0v) is 12.4. The molecule has 0 aliphatic carbocycles. The molecule has 0 spiro atoms. The second kappa shape index (κ2) is 8.02. The molecule has 23 heavy (non-hydrogen) atoms. The number of carbonyl (C=O) groups is 1. The van der Waals surface area contributed by atoms with E-state index in [-0.39, 0.29) is 17.7 Å². The fourth-order valence-corrected chi connectivity index (χ4v) is 1.80. The predicted molar refractivity (Wildman–Crippen MR) is 80.5 cm³/mol. The molecule has 0 aromatic carbocycles. The van der Waals surface area contributed by atoms with Gasteiger partial charge in [-0.3, -0.25) is 10.3 Å². The van der Waals surface area contributed by atoms with Crippen molar-refractivity contribution in [2.45, 2.75) is 19.4 Å². The van der Waals surface area contributed by atoms with Crippen molar-refractivity contribution < 1.29 is 18.3 Å². The Morgan fingerprint density at radius 3 is 2.70 bits per heavy atom. The Bertz CT molecular complexity index is 640. The number of ether oxygens (including phenoxy) is 1. The molecule has 6 nitrogen and oxygen atoms in total. The lowest BCUT2D eigenvalue weighted by Gasteiger charge is -2.14. The third kappa shape index (κ3) is 5.50. The fourth-order valence-electron chi connectivity index (χ4n) is 1.80. The van der Waals surface area contributed by atoms with Crippen LogP contribution in [0.4, 0.5) is 19.4 Å². The lowest BCUT2D eigenvalue weighted by molar-refractivity contribution is 0.0796. The summed E-state index contributed by atoms with van der Waals surface area (Å²) in [5.41, 5.74) is 0.900. The van der Waals surface area contributed by atoms with Crippen LogP contribution in [0.5, 0.6) is 5.88 Å². The number of nitrogens with one attached hydrogen (secondary N) is 2. The Morgan fingerprint density at radius 2 is 2.00 bits per heavy atom. The average Bonchev–Trinajstić information content (AvgIpc) is 2.54. The van der Waals surface area contributed by atoms with Gasteiger partial charge in [-0.25, -0.2) is 13.6 Å². The van der Waals surface area contributed by atoms with Crippen LogP contribution in [0.2, 0.25) is 0 Å². The van der Waals surface area contributed by atoms with E-state index in [1.165, 1.54) is 12.1 Å². The van der Waals surface area contributed by atoms with Gasteiger partial charge in [0.15, 0.2) is 6.61 Å². The molecule has 0 saturated carbocycles. The summed E-state index contributed by atoms with van der Waals surface area (Å²) in [5, 5.41) is 5.26. The maximum atomic E-state index is 12.1. The molecule has 0 bridgehead atoms. The quantitative estimate of drug-likeness (QED) is 0.857. The molecule has 0 aliphatic heterocycles. The van der Waals surface area contributed by atoms with E-state index in [4.69, 9.17) is 4.74 Å². The fraction of sp³-hybridized carbons (Fsp3) is 0.267. The van der Waals surface area contributed by atoms with Crippen molar-refractivity contribution >= 4 is 11.8 Å². The third-order valence-corrected chi connectivity index (χ3v) is 2.88. The van der Waals surface area contributed by atoms with Crippen LogP contribution in [0.15, 0.2) is 42.7 Å². The number of nitrogens with zero attached hydrogens (tertiary/aromatic N) is 2. The summed E-state index contributed by atoms with van der Waals surface area (Å²) in [4.78, 5) is 19.8. The molecule has 2 aromatic heterocycles. The summed E-state index contributed by atoms with van der Waals surface area (Å²) in [7, 11) is 0. The van der Waals surface area contributed by atoms with Gasteiger partial charge in [-0.1, -0.05) is 6.07 Å². The van der Waals surface area contributed by atoms with Gasteiger partial charge < -0.3 is 10.1 Å². The summed E-state index contributed by atoms with van der Waals surface area (Å²) >= 11 is 0. The average molecular weight is 322 g/mol. The van der Waals surface area contributed by atoms with E-state index >= 15 is 0 Å². The van der Waals surface area contributed by atoms with E-state index in [0.717, 1.165) is 5.56 Å². The van der Waals surface area contributed by atoms with E-state index < -0.39 is 19.1 Å². The number of carbonyl (C=O) groups excluding carboxylic acids is 1. The highest BCUT2D eigenvalue weighted by Crippen LogP contribution is 2.13. The zero-order valence-electron chi connectivity index (χ0n) is 12.4. The lowest BCUT2D eigenvalue weighted by Crippen LogP contribution is -2.31. The molecule has 0 fully saturated rings. The molecule has 0 aliphatic rings. The van der Waals surface area contributed by atoms with Crippen LogP contribution in [0.1, 0.15) is 18.5 Å². The van der Waals surface area contributed by atoms with Crippen LogP contribution >= 0.6 is 0 Å². The molecule has 2 aromatic rings. The smallest absolute Gasteiger partial charge is 0.320 e. The number of alkyl halides is 2. The second-order valence-electron chi connectivity index (χ2n) is 4.66. The summed E-state index contributed by atoms with van der Waals surface area (Å²) in [6, 6.07) is 7.42. The Kier molecular flexibility index (Phi) is 5.79. The summed E-state index contributed by atoms with van der Waals surface area (Å²) in [5.74, 6) is 0.224. The van der Waals surface area contributed by atoms with Crippen molar-refractivity contribution in [1.82, 2.24) is 15.3 Å². The first kappa shape index (κ1) is 16.6. The Labute approximate surface area is 131 Å². The van der Waals surface area contributed by atoms with Gasteiger partial charge in [0.1, 0.15) is 5.82 Å². The normalized spacial score (nSPS) is 11.8. The molecule has 0 saturated heterocycles. The van der Waals surface area contributed by atoms with Crippen LogP contribution < -0.4 is 15.4 Å². The van der Waals surface area contributed by atoms with Crippen molar-refractivity contribution in [3.8, 4) is 5.88 Å². The Balaban J connectivity index is 1.91. The molecule has 122 valence electrons. The standard InChI is InChI=1S/C15H16F2N4O2/c1-10(11-5-7-18-8-6-11)19-15(22)21-13-3-2-4-14(20-13)23-9-12(16)17/h2-8,10,12H,9H2,1H3,(H2,19,20,21,22). The number of anilines is 1. The second-order valence-corrected chi connectivity index (χ2v) is 4.66. The van der Waals surface area contributed by atoms with Gasteiger partial charge in [0.2, 0.25) is 5.88 Å². The predicted octanol–water partition coefficient (Wildman–Crippen LogP) is 3.00. The SMILES string of the molecule is CC(NC(=O)Nc1cccc(OCC(F)F)n1)c1ccncc1. The molecule has 1 unspecified atom stereocenters. The number of urea groups is 1. The monoisotopic (exact) mass is 322 g/mol. The third-order valence-electron chi connectivity index (χ3n) is 2.88. The van der Waals surface area contributed by atoms with Gasteiger partial charge in [0.05, 0.1) is 6.04 Å². The van der Waals surface area contributed by atoms with E-state index in [9.17, 15) is 13.6 Å². The first-order chi connectivity index (χ1) is 11.0. The summed E-state index contributed by atoms with van der Waals surface area (Å²) in [6.07, 6.45) is 0.686. The Hall–Kier alpha value is -2.77. The van der Waals surface area contributed by atoms with Crippen LogP contribution in [-0.2, 0) is 0 Å². The maximum absolute atomic E-state index is 12.1. The highest BCUT2D eigenvalue weighted by Gasteiger charge is 2.10. The molecule has 2 rings (SSSR count). The highest BCUT2D eigenvalue weighted by molar-refractivity contribution is 5.88. The number of hydrogen-bond acceptors (Lipinski definition) is 4. The van der Waals surface area contributed by atoms with Crippen LogP contribution in [0.25, 0.3) is 0 Å². The summed E-state index contributed by atoms with van der Waals surface area (Å²) in [6.45, 7) is 1.08. The minimum Gasteiger partial charge on any atom is -0.472 e. The van der Waals surface area contributed by atoms with Crippen molar-refractivity contribution in [2.75, 3.05) is 11.9 Å². The molecule has 2 heterocycles. The van der Waals surface area contributed by atoms with Crippen molar-refractivity contribution in [3.63, 3.8) is 0 Å². The molecule has 0 radical (unpaired) electrons. The molecular weight excluding hydrogens is 306 g/mol. The lowest BCUT2D eigenvalue weighted by atomic mass is 10.1. The molecule has 1 atom stereocenters. The Morgan fingerprint density at radius 1 is 1.26 bits per heavy atom. The minimum atomic E-state index is -2.59. The van der Waals surface area contributed by atoms with Crippen LogP contribution in [0, 0.1) is 0 Å². The van der Waals surface area contributed by atoms with Crippen molar-refractivity contribution in [2.24, 2.45) is 0 Å². The number of halogens is 2. The van der Waals surface area contributed by atoms with E-state index in [2.05, 4.69) is 20.6 Å². The molecular formula is C15H16F2N4O2. The maximum Gasteiger partial charge on any atom is 0.320 e. The first-order valence-electron chi connectivity index (χ1n) is 6.90. The van der Waals surface area contributed by atoms with Gasteiger partial charge in [-0.2, -0.15) is 4.98 Å². The van der Waals surface area contributed by atoms with Crippen LogP contribution in [0.3, 0.4) is 0 Å². The van der Waals surface area contributed by atoms with Crippen molar-refractivity contribution in [3.05, 3.63) is 48.3 Å². The first-order valence-corrected chi connectivity index (χ1v) is 6.90. The number of rotatable bonds is 6. The minimum absolute atomic E-state index is 0.0188. The largest absolute Gasteiger partial charge is 0.472 e. The number of amides is 2. The summed E-state index contributed by atoms with van der Waals surface area (Å²) < 4.78 is 29.0. The number of hydrogen-bond donors (Lipinski definition) is 2. The molecule has 2 N–H and O–H groups in total. The number of pyridine rings is 2. The number of aromatic nitrogens is 2. The van der Waals surface area contributed by atoms with Gasteiger partial charge in [-0.15, -0.1) is 0 Å². The van der Waals surface area contributed by atoms with Crippen LogP contribution in [-0.4, -0.2) is 29.0 Å². The molecule has 2 amide bonds. The van der Waals surface area contributed by atoms with E-state index in [0.29, 0.717) is 0 Å². The molecule has 8 heteroatoms. The van der Waals surface area contributed by atoms with E-state index in [1.807, 2.05) is 6.92 Å². The van der Waals surface area contributed by atoms with Gasteiger partial charge in [-0.05, 0) is 30.7 Å². The van der Waals surface area contributed by atoms with Gasteiger partial charge >= 0.3 is 6.03 Å². The van der Waals surface area contributed by atoms with Crippen molar-refractivity contribution in [1.29, 1.82) is 0 Å². The zero-order chi connectivity index (χ0) is 16.7. The highest BCUT2D eigenvalue weighted by atomic mass is 19.3.